The Labute approximate surface area is 292 Å². The molecule has 0 spiro atoms. The Kier molecular flexibility index (Phi) is 9.74. The SMILES string of the molecule is C=C(C)[C@@H]1CC[C@]2(C(=O)O)CC[C@]3(C)[C@H](CC[C@@H]4[C@@]5(C)CC[C@H](OC(=O)CN(OC)[C@@H]6O[C@H](CO)[C@@H](O)C[C@H]6O)C(C)(C)[C@@H]5CC[C@]43C)[C@@H]12. The summed E-state index contributed by atoms with van der Waals surface area (Å²) in [6.07, 6.45) is 5.17. The number of rotatable bonds is 8. The summed E-state index contributed by atoms with van der Waals surface area (Å²) in [7, 11) is 1.39. The van der Waals surface area contributed by atoms with Crippen LogP contribution in [0.2, 0.25) is 0 Å². The van der Waals surface area contributed by atoms with Crippen LogP contribution in [0.25, 0.3) is 0 Å². The fraction of sp³-hybridized carbons (Fsp3) is 0.897. The van der Waals surface area contributed by atoms with E-state index < -0.39 is 48.5 Å². The number of aliphatic hydroxyl groups excluding tert-OH is 3. The third-order valence-electron chi connectivity index (χ3n) is 16.2. The maximum absolute atomic E-state index is 13.5. The normalized spacial score (nSPS) is 48.9. The third-order valence-corrected chi connectivity index (χ3v) is 16.2. The first-order chi connectivity index (χ1) is 22.9. The smallest absolute Gasteiger partial charge is 0.323 e. The molecule has 5 saturated carbocycles. The van der Waals surface area contributed by atoms with Crippen LogP contribution in [0.3, 0.4) is 0 Å². The largest absolute Gasteiger partial charge is 0.481 e. The van der Waals surface area contributed by atoms with Crippen molar-refractivity contribution in [3.63, 3.8) is 0 Å². The van der Waals surface area contributed by atoms with E-state index >= 15 is 0 Å². The number of ether oxygens (including phenoxy) is 2. The van der Waals surface area contributed by atoms with Crippen molar-refractivity contribution in [3.8, 4) is 0 Å². The predicted octanol–water partition coefficient (Wildman–Crippen LogP) is 5.33. The number of carbonyl (C=O) groups excluding carboxylic acids is 1. The van der Waals surface area contributed by atoms with Gasteiger partial charge >= 0.3 is 11.9 Å². The van der Waals surface area contributed by atoms with Crippen molar-refractivity contribution >= 4 is 11.9 Å². The Morgan fingerprint density at radius 1 is 0.898 bits per heavy atom. The molecule has 1 aliphatic heterocycles. The van der Waals surface area contributed by atoms with E-state index in [1.54, 1.807) is 0 Å². The molecule has 6 aliphatic rings. The summed E-state index contributed by atoms with van der Waals surface area (Å²) in [6, 6.07) is 0. The summed E-state index contributed by atoms with van der Waals surface area (Å²) < 4.78 is 12.0. The zero-order valence-corrected chi connectivity index (χ0v) is 31.0. The van der Waals surface area contributed by atoms with Gasteiger partial charge in [-0.2, -0.15) is 0 Å². The Morgan fingerprint density at radius 3 is 2.24 bits per heavy atom. The van der Waals surface area contributed by atoms with Gasteiger partial charge in [-0.15, -0.1) is 5.06 Å². The summed E-state index contributed by atoms with van der Waals surface area (Å²) >= 11 is 0. The fourth-order valence-corrected chi connectivity index (χ4v) is 13.6. The van der Waals surface area contributed by atoms with E-state index in [1.807, 2.05) is 0 Å². The van der Waals surface area contributed by atoms with Gasteiger partial charge in [0.1, 0.15) is 18.8 Å². The number of hydrogen-bond donors (Lipinski definition) is 4. The molecule has 4 N–H and O–H groups in total. The van der Waals surface area contributed by atoms with Crippen LogP contribution < -0.4 is 0 Å². The highest BCUT2D eigenvalue weighted by atomic mass is 16.7. The van der Waals surface area contributed by atoms with E-state index in [-0.39, 0.29) is 52.6 Å². The molecule has 0 aromatic heterocycles. The molecule has 6 rings (SSSR count). The summed E-state index contributed by atoms with van der Waals surface area (Å²) in [4.78, 5) is 31.9. The highest BCUT2D eigenvalue weighted by Crippen LogP contribution is 2.77. The van der Waals surface area contributed by atoms with Crippen molar-refractivity contribution in [1.29, 1.82) is 0 Å². The van der Waals surface area contributed by atoms with Gasteiger partial charge in [0.2, 0.25) is 0 Å². The summed E-state index contributed by atoms with van der Waals surface area (Å²) in [5.74, 6) is 0.609. The number of fused-ring (bicyclic) bond motifs is 7. The minimum absolute atomic E-state index is 0.00381. The molecule has 1 saturated heterocycles. The fourth-order valence-electron chi connectivity index (χ4n) is 13.6. The standard InChI is InChI=1S/C39H63NO9/c1-22(2)23-11-16-39(34(45)46)18-17-37(6)24(32(23)39)9-10-29-36(5)14-13-30(35(3,4)28(36)12-15-38(29,37)7)49-31(44)20-40(47-8)33-26(43)19-25(42)27(21-41)48-33/h23-30,32-33,41-43H,1,9-21H2,2-8H3,(H,45,46)/t23-,24+,25-,26+,27+,28-,29+,30-,32+,33+,36-,37+,38+,39-/m0/s1. The van der Waals surface area contributed by atoms with Gasteiger partial charge in [-0.3, -0.25) is 14.4 Å². The number of carbonyl (C=O) groups is 2. The van der Waals surface area contributed by atoms with Gasteiger partial charge in [-0.1, -0.05) is 46.8 Å². The van der Waals surface area contributed by atoms with Crippen molar-refractivity contribution in [2.45, 2.75) is 143 Å². The van der Waals surface area contributed by atoms with E-state index in [0.717, 1.165) is 69.8 Å². The molecule has 6 fully saturated rings. The van der Waals surface area contributed by atoms with Crippen molar-refractivity contribution in [1.82, 2.24) is 5.06 Å². The lowest BCUT2D eigenvalue weighted by molar-refractivity contribution is -0.307. The van der Waals surface area contributed by atoms with Crippen LogP contribution in [-0.4, -0.2) is 88.3 Å². The first-order valence-electron chi connectivity index (χ1n) is 18.9. The number of carboxylic acids is 1. The Morgan fingerprint density at radius 2 is 1.61 bits per heavy atom. The minimum Gasteiger partial charge on any atom is -0.481 e. The molecular formula is C39H63NO9. The average Bonchev–Trinajstić information content (AvgIpc) is 3.44. The second kappa shape index (κ2) is 12.8. The molecule has 14 atom stereocenters. The molecular weight excluding hydrogens is 626 g/mol. The van der Waals surface area contributed by atoms with Gasteiger partial charge in [0.15, 0.2) is 6.23 Å². The molecule has 0 bridgehead atoms. The van der Waals surface area contributed by atoms with Gasteiger partial charge < -0.3 is 29.9 Å². The number of allylic oxidation sites excluding steroid dienone is 1. The average molecular weight is 690 g/mol. The molecule has 10 heteroatoms. The van der Waals surface area contributed by atoms with Crippen LogP contribution in [0.4, 0.5) is 0 Å². The summed E-state index contributed by atoms with van der Waals surface area (Å²) in [5.41, 5.74) is 0.473. The lowest BCUT2D eigenvalue weighted by Crippen LogP contribution is -2.67. The maximum Gasteiger partial charge on any atom is 0.323 e. The molecule has 0 radical (unpaired) electrons. The molecule has 278 valence electrons. The molecule has 0 amide bonds. The van der Waals surface area contributed by atoms with Crippen LogP contribution in [-0.2, 0) is 23.9 Å². The minimum atomic E-state index is -1.10. The van der Waals surface area contributed by atoms with Crippen molar-refractivity contribution in [2.75, 3.05) is 20.3 Å². The van der Waals surface area contributed by atoms with Crippen LogP contribution >= 0.6 is 0 Å². The van der Waals surface area contributed by atoms with E-state index in [1.165, 1.54) is 12.2 Å². The lowest BCUT2D eigenvalue weighted by atomic mass is 9.32. The lowest BCUT2D eigenvalue weighted by Gasteiger charge is -2.72. The van der Waals surface area contributed by atoms with Gasteiger partial charge in [0, 0.05) is 11.8 Å². The Hall–Kier alpha value is -1.56. The summed E-state index contributed by atoms with van der Waals surface area (Å²) in [6.45, 7) is 17.9. The number of carboxylic acid groups (broad SMARTS) is 1. The molecule has 10 nitrogen and oxygen atoms in total. The van der Waals surface area contributed by atoms with Gasteiger partial charge in [0.05, 0.1) is 31.3 Å². The summed E-state index contributed by atoms with van der Waals surface area (Å²) in [5, 5.41) is 42.2. The van der Waals surface area contributed by atoms with Crippen LogP contribution in [0.1, 0.15) is 112 Å². The van der Waals surface area contributed by atoms with Gasteiger partial charge in [-0.05, 0) is 117 Å². The van der Waals surface area contributed by atoms with E-state index in [0.29, 0.717) is 17.8 Å². The number of hydrogen-bond acceptors (Lipinski definition) is 9. The molecule has 0 unspecified atom stereocenters. The zero-order chi connectivity index (χ0) is 35.9. The van der Waals surface area contributed by atoms with Crippen LogP contribution in [0.15, 0.2) is 12.2 Å². The maximum atomic E-state index is 13.5. The number of esters is 1. The molecule has 49 heavy (non-hydrogen) atoms. The quantitative estimate of drug-likeness (QED) is 0.150. The van der Waals surface area contributed by atoms with E-state index in [9.17, 15) is 30.0 Å². The second-order valence-corrected chi connectivity index (χ2v) is 18.4. The highest BCUT2D eigenvalue weighted by molar-refractivity contribution is 5.76. The topological polar surface area (TPSA) is 146 Å². The first kappa shape index (κ1) is 37.2. The van der Waals surface area contributed by atoms with Crippen LogP contribution in [0.5, 0.6) is 0 Å². The number of aliphatic hydroxyl groups is 3. The Bertz CT molecular complexity index is 1300. The predicted molar refractivity (Wildman–Crippen MR) is 183 cm³/mol. The van der Waals surface area contributed by atoms with Crippen molar-refractivity contribution in [3.05, 3.63) is 12.2 Å². The molecule has 1 heterocycles. The van der Waals surface area contributed by atoms with E-state index in [4.69, 9.17) is 14.3 Å². The second-order valence-electron chi connectivity index (χ2n) is 18.4. The van der Waals surface area contributed by atoms with Crippen molar-refractivity contribution < 1.29 is 44.3 Å². The third kappa shape index (κ3) is 5.47. The zero-order valence-electron chi connectivity index (χ0n) is 31.0. The van der Waals surface area contributed by atoms with Gasteiger partial charge in [0.25, 0.3) is 0 Å². The van der Waals surface area contributed by atoms with Gasteiger partial charge in [-0.25, -0.2) is 0 Å². The molecule has 0 aromatic rings. The van der Waals surface area contributed by atoms with E-state index in [2.05, 4.69) is 48.1 Å². The number of hydroxylamine groups is 2. The molecule has 5 aliphatic carbocycles. The number of nitrogens with zero attached hydrogens (tertiary/aromatic N) is 1. The van der Waals surface area contributed by atoms with Crippen molar-refractivity contribution in [2.24, 2.45) is 56.7 Å². The highest BCUT2D eigenvalue weighted by Gasteiger charge is 2.72. The van der Waals surface area contributed by atoms with Crippen LogP contribution in [0, 0.1) is 56.7 Å². The monoisotopic (exact) mass is 689 g/mol. The molecule has 0 aromatic carbocycles. The number of aliphatic carboxylic acids is 1. The Balaban J connectivity index is 1.19. The first-order valence-corrected chi connectivity index (χ1v) is 18.9.